The molecule has 2 rings (SSSR count). The fraction of sp³-hybridized carbons (Fsp3) is 0.562. The van der Waals surface area contributed by atoms with Gasteiger partial charge in [-0.2, -0.15) is 0 Å². The van der Waals surface area contributed by atoms with E-state index < -0.39 is 12.1 Å². The van der Waals surface area contributed by atoms with Gasteiger partial charge in [0, 0.05) is 32.7 Å². The van der Waals surface area contributed by atoms with Crippen LogP contribution in [0.3, 0.4) is 0 Å². The molecule has 6 nitrogen and oxygen atoms in total. The third-order valence-electron chi connectivity index (χ3n) is 3.73. The molecule has 0 radical (unpaired) electrons. The molecule has 130 valence electrons. The molecule has 1 saturated heterocycles. The molecule has 3 N–H and O–H groups in total. The van der Waals surface area contributed by atoms with Crippen LogP contribution in [0.1, 0.15) is 6.92 Å². The summed E-state index contributed by atoms with van der Waals surface area (Å²) in [5, 5.41) is 10.1. The molecule has 1 aliphatic heterocycles. The van der Waals surface area contributed by atoms with E-state index in [-0.39, 0.29) is 24.9 Å². The van der Waals surface area contributed by atoms with Gasteiger partial charge >= 0.3 is 0 Å². The summed E-state index contributed by atoms with van der Waals surface area (Å²) in [4.78, 5) is 15.7. The van der Waals surface area contributed by atoms with E-state index in [0.29, 0.717) is 19.6 Å². The highest BCUT2D eigenvalue weighted by Gasteiger charge is 2.24. The van der Waals surface area contributed by atoms with Crippen molar-refractivity contribution in [3.8, 4) is 5.75 Å². The molecule has 0 saturated carbocycles. The van der Waals surface area contributed by atoms with Gasteiger partial charge in [0.1, 0.15) is 18.5 Å². The van der Waals surface area contributed by atoms with Crippen molar-refractivity contribution < 1.29 is 14.6 Å². The number of nitrogens with zero attached hydrogens (tertiary/aromatic N) is 2. The lowest BCUT2D eigenvalue weighted by Crippen LogP contribution is -2.53. The molecule has 2 unspecified atom stereocenters. The first-order valence-electron chi connectivity index (χ1n) is 7.69. The summed E-state index contributed by atoms with van der Waals surface area (Å²) < 4.78 is 5.54. The third kappa shape index (κ3) is 6.35. The molecule has 0 bridgehead atoms. The quantitative estimate of drug-likeness (QED) is 0.778. The predicted molar refractivity (Wildman–Crippen MR) is 91.9 cm³/mol. The van der Waals surface area contributed by atoms with Gasteiger partial charge in [-0.25, -0.2) is 0 Å². The Morgan fingerprint density at radius 2 is 1.87 bits per heavy atom. The average molecular weight is 344 g/mol. The summed E-state index contributed by atoms with van der Waals surface area (Å²) in [6, 6.07) is 9.01. The number of hydrogen-bond donors (Lipinski definition) is 2. The molecule has 0 aliphatic carbocycles. The van der Waals surface area contributed by atoms with Gasteiger partial charge in [-0.15, -0.1) is 12.4 Å². The molecular formula is C16H26ClN3O3. The van der Waals surface area contributed by atoms with Crippen LogP contribution in [0.4, 0.5) is 0 Å². The number of benzene rings is 1. The molecule has 0 aromatic heterocycles. The van der Waals surface area contributed by atoms with Gasteiger partial charge < -0.3 is 20.5 Å². The summed E-state index contributed by atoms with van der Waals surface area (Å²) in [7, 11) is 0. The lowest BCUT2D eigenvalue weighted by atomic mass is 10.2. The van der Waals surface area contributed by atoms with Crippen molar-refractivity contribution in [3.63, 3.8) is 0 Å². The minimum absolute atomic E-state index is 0. The van der Waals surface area contributed by atoms with Crippen molar-refractivity contribution in [2.45, 2.75) is 19.1 Å². The van der Waals surface area contributed by atoms with Crippen molar-refractivity contribution in [3.05, 3.63) is 30.3 Å². The van der Waals surface area contributed by atoms with Gasteiger partial charge in [0.2, 0.25) is 5.91 Å². The second-order valence-electron chi connectivity index (χ2n) is 5.69. The summed E-state index contributed by atoms with van der Waals surface area (Å²) >= 11 is 0. The fourth-order valence-electron chi connectivity index (χ4n) is 2.50. The van der Waals surface area contributed by atoms with E-state index in [2.05, 4.69) is 4.90 Å². The first-order valence-corrected chi connectivity index (χ1v) is 7.69. The maximum absolute atomic E-state index is 11.8. The van der Waals surface area contributed by atoms with Crippen LogP contribution in [0.25, 0.3) is 0 Å². The van der Waals surface area contributed by atoms with Gasteiger partial charge in [0.25, 0.3) is 0 Å². The van der Waals surface area contributed by atoms with Gasteiger partial charge in [0.15, 0.2) is 0 Å². The van der Waals surface area contributed by atoms with Crippen LogP contribution in [-0.2, 0) is 4.79 Å². The molecule has 23 heavy (non-hydrogen) atoms. The largest absolute Gasteiger partial charge is 0.491 e. The second-order valence-corrected chi connectivity index (χ2v) is 5.69. The van der Waals surface area contributed by atoms with Crippen molar-refractivity contribution >= 4 is 18.3 Å². The Kier molecular flexibility index (Phi) is 8.33. The number of rotatable bonds is 6. The average Bonchev–Trinajstić information content (AvgIpc) is 2.54. The van der Waals surface area contributed by atoms with E-state index in [4.69, 9.17) is 10.5 Å². The first kappa shape index (κ1) is 19.7. The number of amides is 1. The van der Waals surface area contributed by atoms with Crippen molar-refractivity contribution in [2.75, 3.05) is 39.3 Å². The Morgan fingerprint density at radius 1 is 1.26 bits per heavy atom. The number of aliphatic hydroxyl groups is 1. The number of para-hydroxylation sites is 1. The molecule has 1 fully saturated rings. The summed E-state index contributed by atoms with van der Waals surface area (Å²) in [5.74, 6) is 0.751. The van der Waals surface area contributed by atoms with E-state index >= 15 is 0 Å². The Bertz CT molecular complexity index is 465. The van der Waals surface area contributed by atoms with Crippen molar-refractivity contribution in [2.24, 2.45) is 5.73 Å². The van der Waals surface area contributed by atoms with Crippen LogP contribution in [0, 0.1) is 0 Å². The van der Waals surface area contributed by atoms with Crippen LogP contribution in [0.15, 0.2) is 30.3 Å². The van der Waals surface area contributed by atoms with Crippen LogP contribution in [0.2, 0.25) is 0 Å². The number of hydrogen-bond acceptors (Lipinski definition) is 5. The zero-order valence-electron chi connectivity index (χ0n) is 13.4. The standard InChI is InChI=1S/C16H25N3O3.ClH/c1-13(17)16(21)19-9-7-18(8-10-19)11-14(20)12-22-15-5-3-2-4-6-15;/h2-6,13-14,20H,7-12,17H2,1H3;1H. The first-order chi connectivity index (χ1) is 10.6. The SMILES string of the molecule is CC(N)C(=O)N1CCN(CC(O)COc2ccccc2)CC1.Cl. The molecular weight excluding hydrogens is 318 g/mol. The van der Waals surface area contributed by atoms with Crippen LogP contribution in [-0.4, -0.2) is 72.3 Å². The van der Waals surface area contributed by atoms with Crippen LogP contribution < -0.4 is 10.5 Å². The lowest BCUT2D eigenvalue weighted by Gasteiger charge is -2.36. The fourth-order valence-corrected chi connectivity index (χ4v) is 2.50. The second kappa shape index (κ2) is 9.72. The maximum atomic E-state index is 11.8. The van der Waals surface area contributed by atoms with Gasteiger partial charge in [-0.05, 0) is 19.1 Å². The van der Waals surface area contributed by atoms with Gasteiger partial charge in [-0.1, -0.05) is 18.2 Å². The Morgan fingerprint density at radius 3 is 2.43 bits per heavy atom. The molecule has 1 amide bonds. The highest BCUT2D eigenvalue weighted by atomic mass is 35.5. The Hall–Kier alpha value is -1.34. The molecule has 2 atom stereocenters. The molecule has 7 heteroatoms. The molecule has 1 aromatic carbocycles. The summed E-state index contributed by atoms with van der Waals surface area (Å²) in [6.07, 6.45) is -0.545. The number of piperazine rings is 1. The van der Waals surface area contributed by atoms with Gasteiger partial charge in [0.05, 0.1) is 6.04 Å². The molecule has 1 heterocycles. The number of carbonyl (C=O) groups is 1. The Balaban J connectivity index is 0.00000264. The van der Waals surface area contributed by atoms with E-state index in [9.17, 15) is 9.90 Å². The zero-order chi connectivity index (χ0) is 15.9. The minimum Gasteiger partial charge on any atom is -0.491 e. The Labute approximate surface area is 143 Å². The normalized spacial score (nSPS) is 18.0. The van der Waals surface area contributed by atoms with E-state index in [1.54, 1.807) is 11.8 Å². The minimum atomic E-state index is -0.545. The lowest BCUT2D eigenvalue weighted by molar-refractivity contribution is -0.134. The smallest absolute Gasteiger partial charge is 0.239 e. The number of halogens is 1. The van der Waals surface area contributed by atoms with E-state index in [1.807, 2.05) is 30.3 Å². The third-order valence-corrected chi connectivity index (χ3v) is 3.73. The van der Waals surface area contributed by atoms with Crippen LogP contribution >= 0.6 is 12.4 Å². The number of nitrogens with two attached hydrogens (primary N) is 1. The number of carbonyl (C=O) groups excluding carboxylic acids is 1. The number of aliphatic hydroxyl groups excluding tert-OH is 1. The highest BCUT2D eigenvalue weighted by Crippen LogP contribution is 2.09. The topological polar surface area (TPSA) is 79.0 Å². The predicted octanol–water partition coefficient (Wildman–Crippen LogP) is 0.340. The number of ether oxygens (including phenoxy) is 1. The van der Waals surface area contributed by atoms with Crippen LogP contribution in [0.5, 0.6) is 5.75 Å². The number of β-amino-alcohol motifs (C(OH)–C–C–N with tert-alkyl or cyclic N) is 1. The molecule has 1 aromatic rings. The van der Waals surface area contributed by atoms with Crippen molar-refractivity contribution in [1.82, 2.24) is 9.80 Å². The molecule has 1 aliphatic rings. The van der Waals surface area contributed by atoms with Crippen molar-refractivity contribution in [1.29, 1.82) is 0 Å². The highest BCUT2D eigenvalue weighted by molar-refractivity contribution is 5.85. The summed E-state index contributed by atoms with van der Waals surface area (Å²) in [6.45, 7) is 5.34. The monoisotopic (exact) mass is 343 g/mol. The molecule has 0 spiro atoms. The van der Waals surface area contributed by atoms with E-state index in [0.717, 1.165) is 18.8 Å². The summed E-state index contributed by atoms with van der Waals surface area (Å²) in [5.41, 5.74) is 5.62. The zero-order valence-corrected chi connectivity index (χ0v) is 14.2. The van der Waals surface area contributed by atoms with Gasteiger partial charge in [-0.3, -0.25) is 9.69 Å². The maximum Gasteiger partial charge on any atom is 0.239 e. The van der Waals surface area contributed by atoms with E-state index in [1.165, 1.54) is 0 Å².